The van der Waals surface area contributed by atoms with Crippen molar-refractivity contribution in [2.75, 3.05) is 26.2 Å². The Kier molecular flexibility index (Phi) is 6.65. The third kappa shape index (κ3) is 5.36. The number of hydrogen-bond donors (Lipinski definition) is 2. The van der Waals surface area contributed by atoms with Gasteiger partial charge in [-0.25, -0.2) is 0 Å². The number of aliphatic carboxylic acids is 1. The van der Waals surface area contributed by atoms with E-state index in [0.29, 0.717) is 6.42 Å². The van der Waals surface area contributed by atoms with E-state index >= 15 is 0 Å². The minimum Gasteiger partial charge on any atom is -0.480 e. The molecule has 1 saturated heterocycles. The molecule has 2 N–H and O–H groups in total. The number of nitrogens with one attached hydrogen (secondary N) is 1. The maximum absolute atomic E-state index is 11.1. The van der Waals surface area contributed by atoms with Crippen molar-refractivity contribution in [2.24, 2.45) is 11.8 Å². The predicted octanol–water partition coefficient (Wildman–Crippen LogP) is 1.81. The molecule has 18 heavy (non-hydrogen) atoms. The van der Waals surface area contributed by atoms with Crippen molar-refractivity contribution < 1.29 is 9.90 Å². The first kappa shape index (κ1) is 15.4. The zero-order valence-corrected chi connectivity index (χ0v) is 12.0. The van der Waals surface area contributed by atoms with Gasteiger partial charge in [-0.15, -0.1) is 0 Å². The summed E-state index contributed by atoms with van der Waals surface area (Å²) in [5, 5.41) is 12.3. The number of likely N-dealkylation sites (tertiary alicyclic amines) is 1. The average molecular weight is 256 g/mol. The molecule has 1 aliphatic heterocycles. The summed E-state index contributed by atoms with van der Waals surface area (Å²) in [6, 6.07) is -0.391. The summed E-state index contributed by atoms with van der Waals surface area (Å²) in [6.07, 6.45) is 2.98. The molecule has 4 nitrogen and oxygen atoms in total. The topological polar surface area (TPSA) is 52.6 Å². The predicted molar refractivity (Wildman–Crippen MR) is 73.7 cm³/mol. The molecule has 0 radical (unpaired) electrons. The highest BCUT2D eigenvalue weighted by Crippen LogP contribution is 2.21. The van der Waals surface area contributed by atoms with E-state index in [4.69, 9.17) is 5.11 Å². The first-order chi connectivity index (χ1) is 8.52. The van der Waals surface area contributed by atoms with Crippen molar-refractivity contribution in [3.63, 3.8) is 0 Å². The van der Waals surface area contributed by atoms with Crippen LogP contribution in [0.4, 0.5) is 0 Å². The minimum atomic E-state index is -0.721. The first-order valence-electron chi connectivity index (χ1n) is 7.21. The summed E-state index contributed by atoms with van der Waals surface area (Å²) in [5.74, 6) is 0.753. The van der Waals surface area contributed by atoms with Gasteiger partial charge in [0.1, 0.15) is 6.04 Å². The van der Waals surface area contributed by atoms with E-state index in [9.17, 15) is 4.79 Å². The van der Waals surface area contributed by atoms with Gasteiger partial charge in [0.25, 0.3) is 0 Å². The summed E-state index contributed by atoms with van der Waals surface area (Å²) >= 11 is 0. The minimum absolute atomic E-state index is 0.391. The van der Waals surface area contributed by atoms with Crippen LogP contribution in [0.25, 0.3) is 0 Å². The molecule has 1 fully saturated rings. The van der Waals surface area contributed by atoms with E-state index in [2.05, 4.69) is 31.0 Å². The highest BCUT2D eigenvalue weighted by Gasteiger charge is 2.23. The van der Waals surface area contributed by atoms with Crippen LogP contribution in [0.1, 0.15) is 40.0 Å². The number of rotatable bonds is 7. The number of carboxylic acids is 1. The van der Waals surface area contributed by atoms with Crippen molar-refractivity contribution in [3.8, 4) is 0 Å². The quantitative estimate of drug-likeness (QED) is 0.729. The Labute approximate surface area is 111 Å². The number of nitrogens with zero attached hydrogens (tertiary/aromatic N) is 1. The molecule has 106 valence electrons. The smallest absolute Gasteiger partial charge is 0.320 e. The second-order valence-electron chi connectivity index (χ2n) is 5.84. The number of carboxylic acid groups (broad SMARTS) is 1. The fourth-order valence-corrected chi connectivity index (χ4v) is 2.92. The van der Waals surface area contributed by atoms with Gasteiger partial charge in [-0.2, -0.15) is 0 Å². The fourth-order valence-electron chi connectivity index (χ4n) is 2.92. The second kappa shape index (κ2) is 7.74. The summed E-state index contributed by atoms with van der Waals surface area (Å²) < 4.78 is 0. The number of hydrogen-bond acceptors (Lipinski definition) is 3. The standard InChI is InChI=1S/C14H28N2O2/c1-4-6-15-13(14(17)18)5-7-16-9-11(2)8-12(3)10-16/h11-13,15H,4-10H2,1-3H3,(H,17,18). The van der Waals surface area contributed by atoms with Crippen molar-refractivity contribution in [3.05, 3.63) is 0 Å². The molecule has 0 bridgehead atoms. The summed E-state index contributed by atoms with van der Waals surface area (Å²) in [5.41, 5.74) is 0. The van der Waals surface area contributed by atoms with Gasteiger partial charge in [-0.1, -0.05) is 20.8 Å². The zero-order chi connectivity index (χ0) is 13.5. The lowest BCUT2D eigenvalue weighted by molar-refractivity contribution is -0.139. The van der Waals surface area contributed by atoms with Crippen molar-refractivity contribution >= 4 is 5.97 Å². The monoisotopic (exact) mass is 256 g/mol. The summed E-state index contributed by atoms with van der Waals surface area (Å²) in [4.78, 5) is 13.5. The van der Waals surface area contributed by atoms with Crippen molar-refractivity contribution in [1.29, 1.82) is 0 Å². The lowest BCUT2D eigenvalue weighted by Crippen LogP contribution is -2.44. The molecule has 1 heterocycles. The molecular weight excluding hydrogens is 228 g/mol. The number of piperidine rings is 1. The van der Waals surface area contributed by atoms with Gasteiger partial charge in [0.05, 0.1) is 0 Å². The van der Waals surface area contributed by atoms with Gasteiger partial charge in [0.15, 0.2) is 0 Å². The molecule has 0 saturated carbocycles. The molecule has 0 aromatic carbocycles. The van der Waals surface area contributed by atoms with Crippen LogP contribution in [-0.2, 0) is 4.79 Å². The Morgan fingerprint density at radius 1 is 1.39 bits per heavy atom. The van der Waals surface area contributed by atoms with E-state index in [-0.39, 0.29) is 0 Å². The molecule has 0 aromatic heterocycles. The maximum atomic E-state index is 11.1. The van der Waals surface area contributed by atoms with Crippen LogP contribution >= 0.6 is 0 Å². The van der Waals surface area contributed by atoms with Crippen LogP contribution in [0.5, 0.6) is 0 Å². The second-order valence-corrected chi connectivity index (χ2v) is 5.84. The SMILES string of the molecule is CCCNC(CCN1CC(C)CC(C)C1)C(=O)O. The van der Waals surface area contributed by atoms with E-state index in [1.807, 2.05) is 0 Å². The third-order valence-corrected chi connectivity index (χ3v) is 3.62. The van der Waals surface area contributed by atoms with Crippen LogP contribution in [-0.4, -0.2) is 48.2 Å². The Balaban J connectivity index is 2.34. The molecular formula is C14H28N2O2. The highest BCUT2D eigenvalue weighted by molar-refractivity contribution is 5.73. The molecule has 0 spiro atoms. The van der Waals surface area contributed by atoms with Gasteiger partial charge in [-0.05, 0) is 37.6 Å². The molecule has 0 aromatic rings. The van der Waals surface area contributed by atoms with Crippen molar-refractivity contribution in [2.45, 2.75) is 46.1 Å². The summed E-state index contributed by atoms with van der Waals surface area (Å²) in [6.45, 7) is 10.5. The van der Waals surface area contributed by atoms with Crippen molar-refractivity contribution in [1.82, 2.24) is 10.2 Å². The average Bonchev–Trinajstić information content (AvgIpc) is 2.27. The lowest BCUT2D eigenvalue weighted by atomic mass is 9.91. The first-order valence-corrected chi connectivity index (χ1v) is 7.21. The molecule has 0 amide bonds. The molecule has 1 aliphatic rings. The van der Waals surface area contributed by atoms with E-state index < -0.39 is 12.0 Å². The fraction of sp³-hybridized carbons (Fsp3) is 0.929. The Bertz CT molecular complexity index is 248. The van der Waals surface area contributed by atoms with Crippen LogP contribution < -0.4 is 5.32 Å². The molecule has 3 unspecified atom stereocenters. The van der Waals surface area contributed by atoms with Crippen LogP contribution in [0.15, 0.2) is 0 Å². The zero-order valence-electron chi connectivity index (χ0n) is 12.0. The molecule has 0 aliphatic carbocycles. The van der Waals surface area contributed by atoms with Gasteiger partial charge >= 0.3 is 5.97 Å². The third-order valence-electron chi connectivity index (χ3n) is 3.62. The van der Waals surface area contributed by atoms with Gasteiger partial charge in [0, 0.05) is 19.6 Å². The maximum Gasteiger partial charge on any atom is 0.320 e. The van der Waals surface area contributed by atoms with Crippen LogP contribution in [0, 0.1) is 11.8 Å². The Hall–Kier alpha value is -0.610. The van der Waals surface area contributed by atoms with Gasteiger partial charge in [0.2, 0.25) is 0 Å². The highest BCUT2D eigenvalue weighted by atomic mass is 16.4. The largest absolute Gasteiger partial charge is 0.480 e. The van der Waals surface area contributed by atoms with E-state index in [1.54, 1.807) is 0 Å². The molecule has 3 atom stereocenters. The lowest BCUT2D eigenvalue weighted by Gasteiger charge is -2.35. The van der Waals surface area contributed by atoms with Gasteiger partial charge in [-0.3, -0.25) is 4.79 Å². The normalized spacial score (nSPS) is 27.1. The van der Waals surface area contributed by atoms with Gasteiger partial charge < -0.3 is 15.3 Å². The van der Waals surface area contributed by atoms with Crippen LogP contribution in [0.2, 0.25) is 0 Å². The summed E-state index contributed by atoms with van der Waals surface area (Å²) in [7, 11) is 0. The Morgan fingerprint density at radius 3 is 2.50 bits per heavy atom. The number of carbonyl (C=O) groups is 1. The van der Waals surface area contributed by atoms with E-state index in [0.717, 1.165) is 44.4 Å². The molecule has 4 heteroatoms. The van der Waals surface area contributed by atoms with Crippen LogP contribution in [0.3, 0.4) is 0 Å². The van der Waals surface area contributed by atoms with E-state index in [1.165, 1.54) is 6.42 Å². The Morgan fingerprint density at radius 2 is 2.00 bits per heavy atom. The molecule has 1 rings (SSSR count).